The largest absolute Gasteiger partial charge is 0.301 e. The van der Waals surface area contributed by atoms with Crippen molar-refractivity contribution < 1.29 is 9.85 Å². The fourth-order valence-electron chi connectivity index (χ4n) is 2.89. The van der Waals surface area contributed by atoms with Crippen LogP contribution in [0.3, 0.4) is 0 Å². The normalized spacial score (nSPS) is 11.0. The highest BCUT2D eigenvalue weighted by molar-refractivity contribution is 6.31. The summed E-state index contributed by atoms with van der Waals surface area (Å²) in [5.74, 6) is 0. The van der Waals surface area contributed by atoms with E-state index in [9.17, 15) is 20.2 Å². The molecule has 0 atom stereocenters. The molecule has 0 bridgehead atoms. The van der Waals surface area contributed by atoms with Crippen LogP contribution in [-0.4, -0.2) is 25.8 Å². The number of rotatable bonds is 7. The van der Waals surface area contributed by atoms with Gasteiger partial charge in [-0.2, -0.15) is 10.2 Å². The third-order valence-corrected chi connectivity index (χ3v) is 4.85. The molecule has 1 heterocycles. The number of nitro groups is 2. The Hall–Kier alpha value is -3.79. The third kappa shape index (κ3) is 4.44. The first-order chi connectivity index (χ1) is 14.3. The van der Waals surface area contributed by atoms with E-state index in [0.717, 1.165) is 28.6 Å². The Bertz CT molecular complexity index is 1160. The molecule has 0 saturated carbocycles. The quantitative estimate of drug-likeness (QED) is 0.336. The monoisotopic (exact) mass is 428 g/mol. The Morgan fingerprint density at radius 3 is 2.57 bits per heavy atom. The summed E-state index contributed by atoms with van der Waals surface area (Å²) >= 11 is 6.22. The van der Waals surface area contributed by atoms with Gasteiger partial charge in [0.25, 0.3) is 5.69 Å². The van der Waals surface area contributed by atoms with Gasteiger partial charge in [0, 0.05) is 22.3 Å². The Balaban J connectivity index is 1.82. The van der Waals surface area contributed by atoms with Gasteiger partial charge in [-0.25, -0.2) is 0 Å². The van der Waals surface area contributed by atoms with E-state index in [1.165, 1.54) is 18.3 Å². The number of aryl methyl sites for hydroxylation is 1. The third-order valence-electron chi connectivity index (χ3n) is 4.48. The highest BCUT2D eigenvalue weighted by atomic mass is 35.5. The summed E-state index contributed by atoms with van der Waals surface area (Å²) in [4.78, 5) is 20.6. The maximum absolute atomic E-state index is 11.2. The lowest BCUT2D eigenvalue weighted by Gasteiger charge is -2.06. The maximum Gasteiger partial charge on any atom is 0.301 e. The van der Waals surface area contributed by atoms with Gasteiger partial charge in [0.2, 0.25) is 0 Å². The van der Waals surface area contributed by atoms with Crippen LogP contribution in [0.2, 0.25) is 5.02 Å². The van der Waals surface area contributed by atoms with Gasteiger partial charge >= 0.3 is 5.69 Å². The van der Waals surface area contributed by atoms with E-state index in [2.05, 4.69) is 15.6 Å². The van der Waals surface area contributed by atoms with Crippen molar-refractivity contribution in [2.75, 3.05) is 5.43 Å². The Morgan fingerprint density at radius 1 is 1.17 bits per heavy atom. The Labute approximate surface area is 176 Å². The zero-order valence-electron chi connectivity index (χ0n) is 16.1. The van der Waals surface area contributed by atoms with Gasteiger partial charge in [0.05, 0.1) is 34.4 Å². The number of benzene rings is 2. The van der Waals surface area contributed by atoms with E-state index in [0.29, 0.717) is 11.6 Å². The SMILES string of the molecule is Cc1nn(Cc2ccccc2Cl)c(C)c1/C=N/Nc1ccc([N+](=O)[O-])cc1[N+](=O)[O-]. The zero-order chi connectivity index (χ0) is 21.8. The van der Waals surface area contributed by atoms with Crippen LogP contribution >= 0.6 is 11.6 Å². The molecule has 0 spiro atoms. The summed E-state index contributed by atoms with van der Waals surface area (Å²) in [6, 6.07) is 10.8. The number of nitrogens with zero attached hydrogens (tertiary/aromatic N) is 5. The van der Waals surface area contributed by atoms with Crippen LogP contribution in [0.15, 0.2) is 47.6 Å². The van der Waals surface area contributed by atoms with Gasteiger partial charge in [-0.3, -0.25) is 30.3 Å². The lowest BCUT2D eigenvalue weighted by Crippen LogP contribution is -2.05. The highest BCUT2D eigenvalue weighted by Gasteiger charge is 2.19. The molecule has 0 aliphatic rings. The summed E-state index contributed by atoms with van der Waals surface area (Å²) in [5.41, 5.74) is 5.05. The fourth-order valence-corrected chi connectivity index (χ4v) is 3.08. The maximum atomic E-state index is 11.2. The molecule has 0 aliphatic heterocycles. The molecule has 0 unspecified atom stereocenters. The van der Waals surface area contributed by atoms with E-state index in [4.69, 9.17) is 11.6 Å². The molecule has 0 fully saturated rings. The smallest absolute Gasteiger partial charge is 0.272 e. The topological polar surface area (TPSA) is 128 Å². The van der Waals surface area contributed by atoms with Gasteiger partial charge < -0.3 is 0 Å². The van der Waals surface area contributed by atoms with E-state index >= 15 is 0 Å². The van der Waals surface area contributed by atoms with E-state index in [1.807, 2.05) is 38.1 Å². The predicted molar refractivity (Wildman–Crippen MR) is 113 cm³/mol. The van der Waals surface area contributed by atoms with Gasteiger partial charge in [0.15, 0.2) is 0 Å². The molecule has 1 aromatic heterocycles. The summed E-state index contributed by atoms with van der Waals surface area (Å²) in [5, 5.41) is 31.3. The first kappa shape index (κ1) is 20.9. The minimum atomic E-state index is -0.705. The minimum Gasteiger partial charge on any atom is -0.272 e. The van der Waals surface area contributed by atoms with E-state index < -0.39 is 15.5 Å². The number of hydrazone groups is 1. The van der Waals surface area contributed by atoms with E-state index in [-0.39, 0.29) is 11.4 Å². The molecule has 10 nitrogen and oxygen atoms in total. The van der Waals surface area contributed by atoms with Crippen LogP contribution in [0.5, 0.6) is 0 Å². The predicted octanol–water partition coefficient (Wildman–Crippen LogP) is 4.46. The molecule has 0 aliphatic carbocycles. The van der Waals surface area contributed by atoms with Crippen LogP contribution in [0.1, 0.15) is 22.5 Å². The van der Waals surface area contributed by atoms with Crippen LogP contribution in [-0.2, 0) is 6.54 Å². The van der Waals surface area contributed by atoms with Crippen molar-refractivity contribution >= 4 is 34.9 Å². The average molecular weight is 429 g/mol. The molecule has 1 N–H and O–H groups in total. The number of halogens is 1. The van der Waals surface area contributed by atoms with Crippen molar-refractivity contribution in [1.82, 2.24) is 9.78 Å². The molecule has 30 heavy (non-hydrogen) atoms. The van der Waals surface area contributed by atoms with Crippen molar-refractivity contribution in [3.8, 4) is 0 Å². The second-order valence-corrected chi connectivity index (χ2v) is 6.83. The van der Waals surface area contributed by atoms with Gasteiger partial charge in [-0.05, 0) is 31.5 Å². The van der Waals surface area contributed by atoms with Crippen molar-refractivity contribution in [2.45, 2.75) is 20.4 Å². The Kier molecular flexibility index (Phi) is 6.07. The molecule has 3 aromatic rings. The minimum absolute atomic E-state index is 0.0422. The molecule has 11 heteroatoms. The molecule has 2 aromatic carbocycles. The summed E-state index contributed by atoms with van der Waals surface area (Å²) in [7, 11) is 0. The Morgan fingerprint density at radius 2 is 1.90 bits per heavy atom. The molecule has 154 valence electrons. The summed E-state index contributed by atoms with van der Waals surface area (Å²) in [6.07, 6.45) is 1.51. The molecule has 0 radical (unpaired) electrons. The van der Waals surface area contributed by atoms with Crippen molar-refractivity contribution in [1.29, 1.82) is 0 Å². The number of anilines is 1. The highest BCUT2D eigenvalue weighted by Crippen LogP contribution is 2.29. The van der Waals surface area contributed by atoms with Gasteiger partial charge in [-0.1, -0.05) is 29.8 Å². The first-order valence-electron chi connectivity index (χ1n) is 8.77. The first-order valence-corrected chi connectivity index (χ1v) is 9.15. The number of non-ortho nitro benzene ring substituents is 1. The van der Waals surface area contributed by atoms with Gasteiger partial charge in [-0.15, -0.1) is 0 Å². The number of hydrogen-bond donors (Lipinski definition) is 1. The lowest BCUT2D eigenvalue weighted by molar-refractivity contribution is -0.393. The molecular formula is C19H17ClN6O4. The number of aromatic nitrogens is 2. The molecule has 3 rings (SSSR count). The van der Waals surface area contributed by atoms with Crippen molar-refractivity contribution in [2.24, 2.45) is 5.10 Å². The molecule has 0 amide bonds. The average Bonchev–Trinajstić information content (AvgIpc) is 2.97. The van der Waals surface area contributed by atoms with Crippen LogP contribution < -0.4 is 5.43 Å². The standard InChI is InChI=1S/C19H17ClN6O4/c1-12-16(13(2)24(23-12)11-14-5-3-4-6-17(14)20)10-21-22-18-8-7-15(25(27)28)9-19(18)26(29)30/h3-10,22H,11H2,1-2H3/b21-10+. The van der Waals surface area contributed by atoms with Crippen LogP contribution in [0.25, 0.3) is 0 Å². The van der Waals surface area contributed by atoms with Crippen molar-refractivity contribution in [3.05, 3.63) is 90.2 Å². The molecule has 0 saturated heterocycles. The van der Waals surface area contributed by atoms with Crippen LogP contribution in [0.4, 0.5) is 17.1 Å². The van der Waals surface area contributed by atoms with Gasteiger partial charge in [0.1, 0.15) is 5.69 Å². The number of hydrogen-bond acceptors (Lipinski definition) is 7. The number of nitrogens with one attached hydrogen (secondary N) is 1. The summed E-state index contributed by atoms with van der Waals surface area (Å²) in [6.45, 7) is 4.19. The second-order valence-electron chi connectivity index (χ2n) is 6.42. The summed E-state index contributed by atoms with van der Waals surface area (Å²) < 4.78 is 1.80. The number of nitro benzene ring substituents is 2. The zero-order valence-corrected chi connectivity index (χ0v) is 16.8. The van der Waals surface area contributed by atoms with Crippen molar-refractivity contribution in [3.63, 3.8) is 0 Å². The lowest BCUT2D eigenvalue weighted by atomic mass is 10.2. The fraction of sp³-hybridized carbons (Fsp3) is 0.158. The van der Waals surface area contributed by atoms with E-state index in [1.54, 1.807) is 4.68 Å². The molecular weight excluding hydrogens is 412 g/mol. The second kappa shape index (κ2) is 8.70. The van der Waals surface area contributed by atoms with Crippen LogP contribution in [0, 0.1) is 34.1 Å².